The van der Waals surface area contributed by atoms with Crippen LogP contribution in [0.3, 0.4) is 0 Å². The van der Waals surface area contributed by atoms with Gasteiger partial charge in [0.15, 0.2) is 0 Å². The molecule has 2 aromatic rings. The first kappa shape index (κ1) is 22.3. The highest BCUT2D eigenvalue weighted by Gasteiger charge is 2.20. The smallest absolute Gasteiger partial charge is 0.255 e. The molecule has 0 spiro atoms. The SMILES string of the molecule is COCCCNC(=O)c1cc(NC(=O)c2cccc(Br)c2)ccc1N1CCCCC1. The zero-order chi connectivity index (χ0) is 21.3. The largest absolute Gasteiger partial charge is 0.385 e. The number of rotatable bonds is 8. The number of methoxy groups -OCH3 is 1. The van der Waals surface area contributed by atoms with E-state index in [0.29, 0.717) is 30.0 Å². The van der Waals surface area contributed by atoms with Gasteiger partial charge >= 0.3 is 0 Å². The molecule has 0 aliphatic carbocycles. The third-order valence-electron chi connectivity index (χ3n) is 5.09. The Bertz CT molecular complexity index is 882. The minimum Gasteiger partial charge on any atom is -0.385 e. The summed E-state index contributed by atoms with van der Waals surface area (Å²) in [6.45, 7) is 3.02. The summed E-state index contributed by atoms with van der Waals surface area (Å²) < 4.78 is 5.89. The highest BCUT2D eigenvalue weighted by atomic mass is 79.9. The molecule has 2 aromatic carbocycles. The molecule has 0 bridgehead atoms. The number of amides is 2. The summed E-state index contributed by atoms with van der Waals surface area (Å²) in [7, 11) is 1.65. The Kier molecular flexibility index (Phi) is 8.28. The predicted octanol–water partition coefficient (Wildman–Crippen LogP) is 4.46. The van der Waals surface area contributed by atoms with Crippen molar-refractivity contribution in [3.63, 3.8) is 0 Å². The molecule has 0 atom stereocenters. The van der Waals surface area contributed by atoms with Crippen LogP contribution in [0, 0.1) is 0 Å². The van der Waals surface area contributed by atoms with Crippen LogP contribution in [0.15, 0.2) is 46.9 Å². The molecule has 1 aliphatic rings. The van der Waals surface area contributed by atoms with E-state index in [1.807, 2.05) is 24.3 Å². The number of ether oxygens (including phenoxy) is 1. The van der Waals surface area contributed by atoms with Crippen LogP contribution >= 0.6 is 15.9 Å². The van der Waals surface area contributed by atoms with E-state index in [2.05, 4.69) is 31.5 Å². The van der Waals surface area contributed by atoms with E-state index in [1.54, 1.807) is 25.3 Å². The highest BCUT2D eigenvalue weighted by Crippen LogP contribution is 2.27. The number of benzene rings is 2. The normalized spacial score (nSPS) is 13.7. The van der Waals surface area contributed by atoms with E-state index in [0.717, 1.165) is 42.5 Å². The minimum absolute atomic E-state index is 0.134. The Morgan fingerprint density at radius 2 is 1.87 bits per heavy atom. The molecule has 0 unspecified atom stereocenters. The topological polar surface area (TPSA) is 70.7 Å². The quantitative estimate of drug-likeness (QED) is 0.555. The first-order chi connectivity index (χ1) is 14.6. The number of carbonyl (C=O) groups excluding carboxylic acids is 2. The van der Waals surface area contributed by atoms with Crippen LogP contribution < -0.4 is 15.5 Å². The maximum Gasteiger partial charge on any atom is 0.255 e. The Balaban J connectivity index is 1.80. The van der Waals surface area contributed by atoms with Crippen LogP contribution in [0.25, 0.3) is 0 Å². The Labute approximate surface area is 186 Å². The van der Waals surface area contributed by atoms with Crippen molar-refractivity contribution in [2.45, 2.75) is 25.7 Å². The van der Waals surface area contributed by atoms with Crippen LogP contribution in [0.4, 0.5) is 11.4 Å². The van der Waals surface area contributed by atoms with Crippen LogP contribution in [-0.2, 0) is 4.74 Å². The van der Waals surface area contributed by atoms with Crippen molar-refractivity contribution in [2.24, 2.45) is 0 Å². The molecule has 0 saturated carbocycles. The molecule has 160 valence electrons. The average molecular weight is 474 g/mol. The fourth-order valence-corrected chi connectivity index (χ4v) is 3.95. The van der Waals surface area contributed by atoms with Gasteiger partial charge in [-0.15, -0.1) is 0 Å². The average Bonchev–Trinajstić information content (AvgIpc) is 2.77. The molecule has 1 aliphatic heterocycles. The highest BCUT2D eigenvalue weighted by molar-refractivity contribution is 9.10. The molecule has 30 heavy (non-hydrogen) atoms. The summed E-state index contributed by atoms with van der Waals surface area (Å²) in [6.07, 6.45) is 4.21. The third kappa shape index (κ3) is 6.06. The van der Waals surface area contributed by atoms with E-state index >= 15 is 0 Å². The third-order valence-corrected chi connectivity index (χ3v) is 5.59. The van der Waals surface area contributed by atoms with Gasteiger partial charge < -0.3 is 20.3 Å². The molecule has 0 radical (unpaired) electrons. The van der Waals surface area contributed by atoms with Gasteiger partial charge in [-0.1, -0.05) is 22.0 Å². The van der Waals surface area contributed by atoms with Gasteiger partial charge in [-0.3, -0.25) is 9.59 Å². The lowest BCUT2D eigenvalue weighted by Crippen LogP contribution is -2.33. The zero-order valence-electron chi connectivity index (χ0n) is 17.2. The number of piperidine rings is 1. The van der Waals surface area contributed by atoms with Gasteiger partial charge in [0.1, 0.15) is 0 Å². The van der Waals surface area contributed by atoms with E-state index in [4.69, 9.17) is 4.74 Å². The summed E-state index contributed by atoms with van der Waals surface area (Å²) in [5.41, 5.74) is 2.65. The van der Waals surface area contributed by atoms with E-state index < -0.39 is 0 Å². The van der Waals surface area contributed by atoms with Crippen molar-refractivity contribution in [3.8, 4) is 0 Å². The van der Waals surface area contributed by atoms with Gasteiger partial charge in [-0.25, -0.2) is 0 Å². The Morgan fingerprint density at radius 3 is 2.60 bits per heavy atom. The predicted molar refractivity (Wildman–Crippen MR) is 123 cm³/mol. The summed E-state index contributed by atoms with van der Waals surface area (Å²) in [4.78, 5) is 27.8. The number of hydrogen-bond donors (Lipinski definition) is 2. The molecule has 1 fully saturated rings. The molecule has 7 heteroatoms. The lowest BCUT2D eigenvalue weighted by molar-refractivity contribution is 0.0947. The summed E-state index contributed by atoms with van der Waals surface area (Å²) >= 11 is 3.39. The second-order valence-corrected chi connectivity index (χ2v) is 8.26. The first-order valence-corrected chi connectivity index (χ1v) is 11.1. The summed E-state index contributed by atoms with van der Waals surface area (Å²) in [5, 5.41) is 5.88. The van der Waals surface area contributed by atoms with Crippen molar-refractivity contribution in [1.29, 1.82) is 0 Å². The minimum atomic E-state index is -0.214. The standard InChI is InChI=1S/C23H28BrN3O3/c1-30-14-6-11-25-23(29)20-16-19(9-10-21(20)27-12-3-2-4-13-27)26-22(28)17-7-5-8-18(24)15-17/h5,7-10,15-16H,2-4,6,11-14H2,1H3,(H,25,29)(H,26,28). The molecule has 2 N–H and O–H groups in total. The summed E-state index contributed by atoms with van der Waals surface area (Å²) in [5.74, 6) is -0.348. The molecule has 6 nitrogen and oxygen atoms in total. The van der Waals surface area contributed by atoms with E-state index in [-0.39, 0.29) is 11.8 Å². The van der Waals surface area contributed by atoms with Gasteiger partial charge in [0.05, 0.1) is 5.56 Å². The van der Waals surface area contributed by atoms with Gasteiger partial charge in [0, 0.05) is 54.8 Å². The van der Waals surface area contributed by atoms with Crippen molar-refractivity contribution in [2.75, 3.05) is 43.6 Å². The first-order valence-electron chi connectivity index (χ1n) is 10.3. The Morgan fingerprint density at radius 1 is 1.07 bits per heavy atom. The molecule has 0 aromatic heterocycles. The molecule has 1 heterocycles. The molecular formula is C23H28BrN3O3. The van der Waals surface area contributed by atoms with Crippen molar-refractivity contribution in [3.05, 3.63) is 58.1 Å². The van der Waals surface area contributed by atoms with Gasteiger partial charge in [-0.2, -0.15) is 0 Å². The number of nitrogens with one attached hydrogen (secondary N) is 2. The van der Waals surface area contributed by atoms with Gasteiger partial charge in [0.2, 0.25) is 0 Å². The van der Waals surface area contributed by atoms with Gasteiger partial charge in [-0.05, 0) is 62.1 Å². The second-order valence-electron chi connectivity index (χ2n) is 7.35. The molecule has 2 amide bonds. The number of anilines is 2. The fraction of sp³-hybridized carbons (Fsp3) is 0.391. The fourth-order valence-electron chi connectivity index (χ4n) is 3.55. The zero-order valence-corrected chi connectivity index (χ0v) is 18.8. The van der Waals surface area contributed by atoms with Crippen LogP contribution in [0.2, 0.25) is 0 Å². The van der Waals surface area contributed by atoms with Crippen LogP contribution in [0.1, 0.15) is 46.4 Å². The number of halogens is 1. The lowest BCUT2D eigenvalue weighted by atomic mass is 10.1. The second kappa shape index (κ2) is 11.1. The maximum absolute atomic E-state index is 12.9. The van der Waals surface area contributed by atoms with E-state index in [9.17, 15) is 9.59 Å². The maximum atomic E-state index is 12.9. The molecule has 1 saturated heterocycles. The Hall–Kier alpha value is -2.38. The lowest BCUT2D eigenvalue weighted by Gasteiger charge is -2.30. The monoisotopic (exact) mass is 473 g/mol. The number of hydrogen-bond acceptors (Lipinski definition) is 4. The van der Waals surface area contributed by atoms with Crippen molar-refractivity contribution >= 4 is 39.1 Å². The molecule has 3 rings (SSSR count). The van der Waals surface area contributed by atoms with E-state index in [1.165, 1.54) is 6.42 Å². The van der Waals surface area contributed by atoms with Crippen LogP contribution in [0.5, 0.6) is 0 Å². The summed E-state index contributed by atoms with van der Waals surface area (Å²) in [6, 6.07) is 12.8. The van der Waals surface area contributed by atoms with Crippen molar-refractivity contribution in [1.82, 2.24) is 5.32 Å². The van der Waals surface area contributed by atoms with Crippen LogP contribution in [-0.4, -0.2) is 45.2 Å². The molecular weight excluding hydrogens is 446 g/mol. The number of carbonyl (C=O) groups is 2. The van der Waals surface area contributed by atoms with Crippen molar-refractivity contribution < 1.29 is 14.3 Å². The number of nitrogens with zero attached hydrogens (tertiary/aromatic N) is 1. The van der Waals surface area contributed by atoms with Gasteiger partial charge in [0.25, 0.3) is 11.8 Å².